The molecule has 26 heavy (non-hydrogen) atoms. The molecule has 0 atom stereocenters. The first-order valence-electron chi connectivity index (χ1n) is 8.27. The highest BCUT2D eigenvalue weighted by molar-refractivity contribution is 5.71. The zero-order chi connectivity index (χ0) is 18.5. The summed E-state index contributed by atoms with van der Waals surface area (Å²) < 4.78 is 15.8. The lowest BCUT2D eigenvalue weighted by molar-refractivity contribution is -0.148. The van der Waals surface area contributed by atoms with Gasteiger partial charge < -0.3 is 14.0 Å². The quantitative estimate of drug-likeness (QED) is 0.629. The molecule has 0 aliphatic heterocycles. The van der Waals surface area contributed by atoms with E-state index >= 15 is 0 Å². The fourth-order valence-corrected chi connectivity index (χ4v) is 2.48. The second-order valence-electron chi connectivity index (χ2n) is 6.05. The van der Waals surface area contributed by atoms with Crippen molar-refractivity contribution in [3.05, 3.63) is 65.0 Å². The van der Waals surface area contributed by atoms with E-state index in [1.165, 1.54) is 0 Å². The lowest BCUT2D eigenvalue weighted by Crippen LogP contribution is -2.15. The number of esters is 1. The van der Waals surface area contributed by atoms with E-state index in [1.54, 1.807) is 0 Å². The monoisotopic (exact) mass is 352 g/mol. The molecule has 0 aliphatic carbocycles. The number of hydrogen-bond acceptors (Lipinski definition) is 6. The molecular formula is C20H20N2O4. The van der Waals surface area contributed by atoms with E-state index in [0.717, 1.165) is 22.3 Å². The van der Waals surface area contributed by atoms with Crippen molar-refractivity contribution in [3.63, 3.8) is 0 Å². The average Bonchev–Trinajstić information content (AvgIpc) is 3.09. The number of nitrogens with zero attached hydrogens (tertiary/aromatic N) is 2. The summed E-state index contributed by atoms with van der Waals surface area (Å²) in [5, 5.41) is 3.90. The molecule has 134 valence electrons. The minimum absolute atomic E-state index is 0.0895. The van der Waals surface area contributed by atoms with E-state index in [4.69, 9.17) is 14.0 Å². The van der Waals surface area contributed by atoms with Crippen LogP contribution in [0.4, 0.5) is 0 Å². The van der Waals surface area contributed by atoms with Gasteiger partial charge in [0.25, 0.3) is 5.89 Å². The molecule has 3 rings (SSSR count). The van der Waals surface area contributed by atoms with E-state index in [-0.39, 0.29) is 19.1 Å². The summed E-state index contributed by atoms with van der Waals surface area (Å²) in [5.74, 6) is 0.899. The van der Waals surface area contributed by atoms with Gasteiger partial charge in [-0.3, -0.25) is 0 Å². The van der Waals surface area contributed by atoms with Crippen molar-refractivity contribution in [3.8, 4) is 17.1 Å². The van der Waals surface area contributed by atoms with Gasteiger partial charge in [-0.25, -0.2) is 4.79 Å². The second-order valence-corrected chi connectivity index (χ2v) is 6.05. The van der Waals surface area contributed by atoms with Gasteiger partial charge in [-0.2, -0.15) is 4.98 Å². The topological polar surface area (TPSA) is 74.5 Å². The molecule has 0 aliphatic rings. The normalized spacial score (nSPS) is 10.6. The van der Waals surface area contributed by atoms with E-state index in [1.807, 2.05) is 63.2 Å². The Bertz CT molecular complexity index is 880. The molecule has 0 saturated carbocycles. The van der Waals surface area contributed by atoms with Crippen LogP contribution in [-0.4, -0.2) is 22.7 Å². The summed E-state index contributed by atoms with van der Waals surface area (Å²) in [4.78, 5) is 16.1. The van der Waals surface area contributed by atoms with Crippen molar-refractivity contribution in [1.29, 1.82) is 0 Å². The molecule has 6 heteroatoms. The Morgan fingerprint density at radius 3 is 2.42 bits per heavy atom. The van der Waals surface area contributed by atoms with Crippen molar-refractivity contribution in [2.45, 2.75) is 27.4 Å². The molecule has 0 unspecified atom stereocenters. The number of aromatic nitrogens is 2. The largest absolute Gasteiger partial charge is 0.481 e. The number of para-hydroxylation sites is 1. The van der Waals surface area contributed by atoms with Crippen LogP contribution < -0.4 is 4.74 Å². The molecule has 1 heterocycles. The van der Waals surface area contributed by atoms with Crippen molar-refractivity contribution in [2.75, 3.05) is 6.61 Å². The minimum atomic E-state index is -0.497. The van der Waals surface area contributed by atoms with Crippen LogP contribution in [0.1, 0.15) is 22.6 Å². The first-order valence-corrected chi connectivity index (χ1v) is 8.27. The second kappa shape index (κ2) is 7.82. The lowest BCUT2D eigenvalue weighted by atomic mass is 10.1. The van der Waals surface area contributed by atoms with E-state index in [0.29, 0.717) is 11.6 Å². The smallest absolute Gasteiger partial charge is 0.344 e. The lowest BCUT2D eigenvalue weighted by Gasteiger charge is -2.10. The van der Waals surface area contributed by atoms with E-state index < -0.39 is 5.97 Å². The van der Waals surface area contributed by atoms with Crippen LogP contribution >= 0.6 is 0 Å². The molecule has 0 N–H and O–H groups in total. The third-order valence-electron chi connectivity index (χ3n) is 3.88. The van der Waals surface area contributed by atoms with Crippen molar-refractivity contribution in [1.82, 2.24) is 10.1 Å². The number of benzene rings is 2. The Morgan fingerprint density at radius 1 is 1.04 bits per heavy atom. The fraction of sp³-hybridized carbons (Fsp3) is 0.250. The average molecular weight is 352 g/mol. The van der Waals surface area contributed by atoms with Gasteiger partial charge in [0.05, 0.1) is 0 Å². The van der Waals surface area contributed by atoms with E-state index in [2.05, 4.69) is 10.1 Å². The number of rotatable bonds is 6. The molecule has 3 aromatic rings. The van der Waals surface area contributed by atoms with Crippen LogP contribution in [0.3, 0.4) is 0 Å². The summed E-state index contributed by atoms with van der Waals surface area (Å²) in [7, 11) is 0. The SMILES string of the molecule is Cc1ccc(-c2noc(COC(=O)COc3c(C)cccc3C)n2)cc1. The van der Waals surface area contributed by atoms with E-state index in [9.17, 15) is 4.79 Å². The predicted molar refractivity (Wildman–Crippen MR) is 95.7 cm³/mol. The van der Waals surface area contributed by atoms with Gasteiger partial charge >= 0.3 is 5.97 Å². The zero-order valence-electron chi connectivity index (χ0n) is 15.0. The summed E-state index contributed by atoms with van der Waals surface area (Å²) in [6.07, 6.45) is 0. The van der Waals surface area contributed by atoms with Crippen molar-refractivity contribution in [2.24, 2.45) is 0 Å². The number of hydrogen-bond donors (Lipinski definition) is 0. The van der Waals surface area contributed by atoms with Crippen molar-refractivity contribution >= 4 is 5.97 Å². The molecule has 0 saturated heterocycles. The predicted octanol–water partition coefficient (Wildman–Crippen LogP) is 3.78. The molecule has 6 nitrogen and oxygen atoms in total. The van der Waals surface area contributed by atoms with Gasteiger partial charge in [0, 0.05) is 5.56 Å². The third kappa shape index (κ3) is 4.27. The Hall–Kier alpha value is -3.15. The molecule has 1 aromatic heterocycles. The maximum atomic E-state index is 11.9. The molecule has 0 amide bonds. The molecule has 0 fully saturated rings. The molecule has 0 spiro atoms. The molecular weight excluding hydrogens is 332 g/mol. The fourth-order valence-electron chi connectivity index (χ4n) is 2.48. The Kier molecular flexibility index (Phi) is 5.31. The Balaban J connectivity index is 1.53. The van der Waals surface area contributed by atoms with Crippen molar-refractivity contribution < 1.29 is 18.8 Å². The van der Waals surface area contributed by atoms with Crippen LogP contribution in [-0.2, 0) is 16.1 Å². The highest BCUT2D eigenvalue weighted by Crippen LogP contribution is 2.22. The first-order chi connectivity index (χ1) is 12.5. The zero-order valence-corrected chi connectivity index (χ0v) is 15.0. The molecule has 0 bridgehead atoms. The maximum absolute atomic E-state index is 11.9. The van der Waals surface area contributed by atoms with Crippen LogP contribution in [0.2, 0.25) is 0 Å². The third-order valence-corrected chi connectivity index (χ3v) is 3.88. The van der Waals surface area contributed by atoms with Gasteiger partial charge in [-0.05, 0) is 31.9 Å². The van der Waals surface area contributed by atoms with Gasteiger partial charge in [-0.15, -0.1) is 0 Å². The summed E-state index contributed by atoms with van der Waals surface area (Å²) >= 11 is 0. The highest BCUT2D eigenvalue weighted by atomic mass is 16.6. The number of carbonyl (C=O) groups is 1. The standard InChI is InChI=1S/C20H20N2O4/c1-13-7-9-16(10-8-13)20-21-17(26-22-20)11-24-18(23)12-25-19-14(2)5-4-6-15(19)3/h4-10H,11-12H2,1-3H3. The maximum Gasteiger partial charge on any atom is 0.344 e. The van der Waals surface area contributed by atoms with Crippen LogP contribution in [0.5, 0.6) is 5.75 Å². The van der Waals surface area contributed by atoms with Gasteiger partial charge in [0.2, 0.25) is 5.82 Å². The minimum Gasteiger partial charge on any atom is -0.481 e. The summed E-state index contributed by atoms with van der Waals surface area (Å²) in [6, 6.07) is 13.6. The Labute approximate surface area is 151 Å². The van der Waals surface area contributed by atoms with Gasteiger partial charge in [0.1, 0.15) is 5.75 Å². The Morgan fingerprint density at radius 2 is 1.73 bits per heavy atom. The number of carbonyl (C=O) groups excluding carboxylic acids is 1. The van der Waals surface area contributed by atoms with Crippen LogP contribution in [0, 0.1) is 20.8 Å². The highest BCUT2D eigenvalue weighted by Gasteiger charge is 2.12. The summed E-state index contributed by atoms with van der Waals surface area (Å²) in [5.41, 5.74) is 3.93. The molecule has 0 radical (unpaired) electrons. The van der Waals surface area contributed by atoms with Crippen LogP contribution in [0.15, 0.2) is 47.0 Å². The van der Waals surface area contributed by atoms with Gasteiger partial charge in [-0.1, -0.05) is 53.2 Å². The van der Waals surface area contributed by atoms with Crippen LogP contribution in [0.25, 0.3) is 11.4 Å². The summed E-state index contributed by atoms with van der Waals surface area (Å²) in [6.45, 7) is 5.60. The first kappa shape index (κ1) is 17.7. The number of ether oxygens (including phenoxy) is 2. The number of aryl methyl sites for hydroxylation is 3. The van der Waals surface area contributed by atoms with Gasteiger partial charge in [0.15, 0.2) is 13.2 Å². The molecule has 2 aromatic carbocycles.